The van der Waals surface area contributed by atoms with E-state index in [1.807, 2.05) is 24.3 Å². The molecule has 5 nitrogen and oxygen atoms in total. The van der Waals surface area contributed by atoms with Crippen LogP contribution in [0.3, 0.4) is 0 Å². The summed E-state index contributed by atoms with van der Waals surface area (Å²) in [6.45, 7) is 7.52. The van der Waals surface area contributed by atoms with Gasteiger partial charge in [0, 0.05) is 18.4 Å². The van der Waals surface area contributed by atoms with Gasteiger partial charge in [-0.15, -0.1) is 0 Å². The van der Waals surface area contributed by atoms with Crippen molar-refractivity contribution >= 4 is 28.3 Å². The summed E-state index contributed by atoms with van der Waals surface area (Å²) in [5, 5.41) is 11.2. The topological polar surface area (TPSA) is 66.0 Å². The second kappa shape index (κ2) is 10.2. The summed E-state index contributed by atoms with van der Waals surface area (Å²) in [7, 11) is 0. The van der Waals surface area contributed by atoms with E-state index in [-0.39, 0.29) is 11.3 Å². The number of benzene rings is 1. The maximum absolute atomic E-state index is 13.1. The summed E-state index contributed by atoms with van der Waals surface area (Å²) in [6.07, 6.45) is 11.0. The molecule has 4 aliphatic rings. The first-order chi connectivity index (χ1) is 16.5. The van der Waals surface area contributed by atoms with Crippen LogP contribution < -0.4 is 16.0 Å². The predicted octanol–water partition coefficient (Wildman–Crippen LogP) is 6.22. The first-order valence-corrected chi connectivity index (χ1v) is 13.6. The lowest BCUT2D eigenvalue weighted by molar-refractivity contribution is -0.124. The van der Waals surface area contributed by atoms with E-state index in [2.05, 4.69) is 35.9 Å². The third-order valence-corrected chi connectivity index (χ3v) is 8.44. The molecule has 184 valence electrons. The van der Waals surface area contributed by atoms with Crippen LogP contribution in [-0.4, -0.2) is 30.5 Å². The SMILES string of the molecule is CC(C)CCNCCCNc1ccc2c(NC(=O)CC34CC5CC(CC(C5)C3)C4)cccc2n1. The lowest BCUT2D eigenvalue weighted by Crippen LogP contribution is -2.47. The average Bonchev–Trinajstić information content (AvgIpc) is 2.77. The van der Waals surface area contributed by atoms with Crippen LogP contribution in [0.1, 0.15) is 71.6 Å². The lowest BCUT2D eigenvalue weighted by atomic mass is 9.49. The van der Waals surface area contributed by atoms with Crippen molar-refractivity contribution in [1.29, 1.82) is 0 Å². The molecule has 3 N–H and O–H groups in total. The van der Waals surface area contributed by atoms with Gasteiger partial charge in [-0.1, -0.05) is 19.9 Å². The quantitative estimate of drug-likeness (QED) is 0.347. The van der Waals surface area contributed by atoms with Crippen LogP contribution in [0.2, 0.25) is 0 Å². The van der Waals surface area contributed by atoms with E-state index < -0.39 is 0 Å². The Morgan fingerprint density at radius 3 is 2.44 bits per heavy atom. The van der Waals surface area contributed by atoms with Crippen molar-refractivity contribution in [1.82, 2.24) is 10.3 Å². The van der Waals surface area contributed by atoms with E-state index in [1.54, 1.807) is 0 Å². The fraction of sp³-hybridized carbons (Fsp3) is 0.655. The van der Waals surface area contributed by atoms with E-state index in [9.17, 15) is 4.79 Å². The first kappa shape index (κ1) is 23.6. The monoisotopic (exact) mass is 462 g/mol. The Bertz CT molecular complexity index is 966. The average molecular weight is 463 g/mol. The predicted molar refractivity (Wildman–Crippen MR) is 141 cm³/mol. The summed E-state index contributed by atoms with van der Waals surface area (Å²) in [5.41, 5.74) is 2.08. The number of fused-ring (bicyclic) bond motifs is 1. The smallest absolute Gasteiger partial charge is 0.224 e. The Morgan fingerprint density at radius 2 is 1.74 bits per heavy atom. The molecule has 4 fully saturated rings. The summed E-state index contributed by atoms with van der Waals surface area (Å²) in [4.78, 5) is 17.9. The van der Waals surface area contributed by atoms with E-state index in [0.29, 0.717) is 6.42 Å². The van der Waals surface area contributed by atoms with Crippen molar-refractivity contribution in [3.05, 3.63) is 30.3 Å². The molecule has 4 aliphatic carbocycles. The lowest BCUT2D eigenvalue weighted by Gasteiger charge is -2.56. The number of hydrogen-bond donors (Lipinski definition) is 3. The molecule has 0 spiro atoms. The maximum Gasteiger partial charge on any atom is 0.224 e. The molecule has 4 saturated carbocycles. The molecule has 2 aromatic rings. The highest BCUT2D eigenvalue weighted by Crippen LogP contribution is 2.61. The molecule has 0 radical (unpaired) electrons. The number of rotatable bonds is 11. The van der Waals surface area contributed by atoms with Gasteiger partial charge in [0.15, 0.2) is 0 Å². The van der Waals surface area contributed by atoms with Crippen molar-refractivity contribution in [3.63, 3.8) is 0 Å². The Balaban J connectivity index is 1.15. The van der Waals surface area contributed by atoms with Crippen LogP contribution in [0.5, 0.6) is 0 Å². The standard InChI is InChI=1S/C29H42N4O/c1-20(2)9-12-30-10-4-11-31-27-8-7-24-25(32-27)5-3-6-26(24)33-28(34)19-29-16-21-13-22(17-29)15-23(14-21)18-29/h3,5-8,20-23,30H,4,9-19H2,1-2H3,(H,31,32)(H,33,34). The zero-order valence-corrected chi connectivity index (χ0v) is 21.0. The second-order valence-corrected chi connectivity index (χ2v) is 11.9. The number of hydrogen-bond acceptors (Lipinski definition) is 4. The second-order valence-electron chi connectivity index (χ2n) is 11.9. The molecule has 1 amide bonds. The number of carbonyl (C=O) groups excluding carboxylic acids is 1. The molecule has 1 aromatic heterocycles. The fourth-order valence-electron chi connectivity index (χ4n) is 7.35. The highest BCUT2D eigenvalue weighted by Gasteiger charge is 2.51. The van der Waals surface area contributed by atoms with E-state index in [0.717, 1.165) is 72.1 Å². The molecule has 0 saturated heterocycles. The molecule has 0 unspecified atom stereocenters. The normalized spacial score (nSPS) is 27.4. The van der Waals surface area contributed by atoms with Crippen LogP contribution >= 0.6 is 0 Å². The van der Waals surface area contributed by atoms with Gasteiger partial charge in [-0.05, 0) is 118 Å². The van der Waals surface area contributed by atoms with Gasteiger partial charge in [0.25, 0.3) is 0 Å². The molecule has 1 aromatic carbocycles. The number of anilines is 2. The molecule has 34 heavy (non-hydrogen) atoms. The largest absolute Gasteiger partial charge is 0.370 e. The molecule has 5 heteroatoms. The van der Waals surface area contributed by atoms with Crippen molar-refractivity contribution in [3.8, 4) is 0 Å². The van der Waals surface area contributed by atoms with Crippen LogP contribution in [0.15, 0.2) is 30.3 Å². The highest BCUT2D eigenvalue weighted by molar-refractivity contribution is 6.01. The van der Waals surface area contributed by atoms with Crippen molar-refractivity contribution in [2.24, 2.45) is 29.1 Å². The Kier molecular flexibility index (Phi) is 7.10. The van der Waals surface area contributed by atoms with Gasteiger partial charge in [0.1, 0.15) is 5.82 Å². The van der Waals surface area contributed by atoms with Gasteiger partial charge in [-0.3, -0.25) is 4.79 Å². The Labute approximate surface area is 204 Å². The van der Waals surface area contributed by atoms with E-state index >= 15 is 0 Å². The molecule has 1 heterocycles. The van der Waals surface area contributed by atoms with Crippen LogP contribution in [0.4, 0.5) is 11.5 Å². The molecular formula is C29H42N4O. The number of carbonyl (C=O) groups is 1. The fourth-order valence-corrected chi connectivity index (χ4v) is 7.35. The number of aromatic nitrogens is 1. The van der Waals surface area contributed by atoms with E-state index in [4.69, 9.17) is 4.98 Å². The van der Waals surface area contributed by atoms with Crippen molar-refractivity contribution < 1.29 is 4.79 Å². The molecule has 4 bridgehead atoms. The maximum atomic E-state index is 13.1. The highest BCUT2D eigenvalue weighted by atomic mass is 16.1. The number of pyridine rings is 1. The van der Waals surface area contributed by atoms with Crippen LogP contribution in [0, 0.1) is 29.1 Å². The van der Waals surface area contributed by atoms with Gasteiger partial charge < -0.3 is 16.0 Å². The zero-order valence-electron chi connectivity index (χ0n) is 21.0. The molecule has 0 aliphatic heterocycles. The van der Waals surface area contributed by atoms with E-state index in [1.165, 1.54) is 44.9 Å². The molecule has 0 atom stereocenters. The van der Waals surface area contributed by atoms with Gasteiger partial charge in [0.05, 0.1) is 11.2 Å². The minimum atomic E-state index is 0.182. The Morgan fingerprint density at radius 1 is 1.00 bits per heavy atom. The first-order valence-electron chi connectivity index (χ1n) is 13.6. The summed E-state index contributed by atoms with van der Waals surface area (Å²) in [6, 6.07) is 10.2. The number of amides is 1. The van der Waals surface area contributed by atoms with Gasteiger partial charge in [-0.25, -0.2) is 4.98 Å². The molecule has 6 rings (SSSR count). The minimum Gasteiger partial charge on any atom is -0.370 e. The number of nitrogens with zero attached hydrogens (tertiary/aromatic N) is 1. The Hall–Kier alpha value is -2.14. The summed E-state index contributed by atoms with van der Waals surface area (Å²) < 4.78 is 0. The zero-order chi connectivity index (χ0) is 23.5. The summed E-state index contributed by atoms with van der Waals surface area (Å²) >= 11 is 0. The third kappa shape index (κ3) is 5.56. The van der Waals surface area contributed by atoms with Gasteiger partial charge >= 0.3 is 0 Å². The number of nitrogens with one attached hydrogen (secondary N) is 3. The van der Waals surface area contributed by atoms with Crippen molar-refractivity contribution in [2.75, 3.05) is 30.3 Å². The van der Waals surface area contributed by atoms with Gasteiger partial charge in [-0.2, -0.15) is 0 Å². The summed E-state index contributed by atoms with van der Waals surface area (Å²) in [5.74, 6) is 4.46. The van der Waals surface area contributed by atoms with Crippen LogP contribution in [-0.2, 0) is 4.79 Å². The molecular weight excluding hydrogens is 420 g/mol. The minimum absolute atomic E-state index is 0.182. The third-order valence-electron chi connectivity index (χ3n) is 8.44. The van der Waals surface area contributed by atoms with Gasteiger partial charge in [0.2, 0.25) is 5.91 Å². The van der Waals surface area contributed by atoms with Crippen LogP contribution in [0.25, 0.3) is 10.9 Å². The van der Waals surface area contributed by atoms with Crippen molar-refractivity contribution in [2.45, 2.75) is 71.6 Å².